The van der Waals surface area contributed by atoms with E-state index < -0.39 is 0 Å². The first-order valence-corrected chi connectivity index (χ1v) is 6.62. The van der Waals surface area contributed by atoms with Crippen molar-refractivity contribution in [1.29, 1.82) is 0 Å². The lowest BCUT2D eigenvalue weighted by Gasteiger charge is -2.16. The minimum atomic E-state index is -0.0823. The van der Waals surface area contributed by atoms with Gasteiger partial charge in [-0.3, -0.25) is 0 Å². The molecule has 94 valence electrons. The SMILES string of the molecule is Cc1cccc(CNCC2CCCC2O)c1C. The van der Waals surface area contributed by atoms with Crippen molar-refractivity contribution in [3.05, 3.63) is 34.9 Å². The van der Waals surface area contributed by atoms with Gasteiger partial charge in [0, 0.05) is 13.1 Å². The number of nitrogens with one attached hydrogen (secondary N) is 1. The van der Waals surface area contributed by atoms with Crippen molar-refractivity contribution in [3.8, 4) is 0 Å². The van der Waals surface area contributed by atoms with Gasteiger partial charge in [-0.05, 0) is 49.3 Å². The van der Waals surface area contributed by atoms with Crippen molar-refractivity contribution >= 4 is 0 Å². The molecule has 1 aromatic rings. The molecule has 0 amide bonds. The number of benzene rings is 1. The minimum Gasteiger partial charge on any atom is -0.393 e. The monoisotopic (exact) mass is 233 g/mol. The third-order valence-electron chi connectivity index (χ3n) is 4.06. The summed E-state index contributed by atoms with van der Waals surface area (Å²) in [4.78, 5) is 0. The molecule has 0 bridgehead atoms. The zero-order valence-electron chi connectivity index (χ0n) is 10.9. The first-order valence-electron chi connectivity index (χ1n) is 6.62. The first kappa shape index (κ1) is 12.6. The molecule has 2 unspecified atom stereocenters. The van der Waals surface area contributed by atoms with Gasteiger partial charge in [0.25, 0.3) is 0 Å². The molecule has 1 aliphatic carbocycles. The Morgan fingerprint density at radius 3 is 2.82 bits per heavy atom. The van der Waals surface area contributed by atoms with Crippen LogP contribution in [-0.2, 0) is 6.54 Å². The van der Waals surface area contributed by atoms with Gasteiger partial charge in [-0.15, -0.1) is 0 Å². The van der Waals surface area contributed by atoms with E-state index in [0.29, 0.717) is 5.92 Å². The second-order valence-corrected chi connectivity index (χ2v) is 5.25. The average Bonchev–Trinajstić information content (AvgIpc) is 2.71. The fraction of sp³-hybridized carbons (Fsp3) is 0.600. The van der Waals surface area contributed by atoms with E-state index in [4.69, 9.17) is 0 Å². The maximum atomic E-state index is 9.74. The van der Waals surface area contributed by atoms with E-state index in [1.165, 1.54) is 29.5 Å². The van der Waals surface area contributed by atoms with Gasteiger partial charge in [0.2, 0.25) is 0 Å². The van der Waals surface area contributed by atoms with Crippen molar-refractivity contribution in [1.82, 2.24) is 5.32 Å². The quantitative estimate of drug-likeness (QED) is 0.837. The van der Waals surface area contributed by atoms with Gasteiger partial charge < -0.3 is 10.4 Å². The predicted octanol–water partition coefficient (Wildman–Crippen LogP) is 2.55. The molecule has 0 saturated heterocycles. The maximum Gasteiger partial charge on any atom is 0.0580 e. The molecular formula is C15H23NO. The van der Waals surface area contributed by atoms with Gasteiger partial charge in [0.1, 0.15) is 0 Å². The van der Waals surface area contributed by atoms with Crippen LogP contribution in [0.2, 0.25) is 0 Å². The molecule has 2 rings (SSSR count). The Hall–Kier alpha value is -0.860. The van der Waals surface area contributed by atoms with Crippen LogP contribution in [0.1, 0.15) is 36.0 Å². The van der Waals surface area contributed by atoms with Gasteiger partial charge in [0.05, 0.1) is 6.10 Å². The summed E-state index contributed by atoms with van der Waals surface area (Å²) >= 11 is 0. The third kappa shape index (κ3) is 3.08. The third-order valence-corrected chi connectivity index (χ3v) is 4.06. The molecule has 17 heavy (non-hydrogen) atoms. The molecule has 0 aliphatic heterocycles. The normalized spacial score (nSPS) is 24.2. The molecule has 0 aromatic heterocycles. The smallest absolute Gasteiger partial charge is 0.0580 e. The van der Waals surface area contributed by atoms with Crippen molar-refractivity contribution in [2.45, 2.75) is 45.8 Å². The Morgan fingerprint density at radius 2 is 2.12 bits per heavy atom. The Labute approximate surface area is 104 Å². The van der Waals surface area contributed by atoms with E-state index in [9.17, 15) is 5.11 Å². The average molecular weight is 233 g/mol. The molecule has 1 aliphatic rings. The van der Waals surface area contributed by atoms with Gasteiger partial charge in [0.15, 0.2) is 0 Å². The van der Waals surface area contributed by atoms with Crippen molar-refractivity contribution in [2.75, 3.05) is 6.54 Å². The summed E-state index contributed by atoms with van der Waals surface area (Å²) in [6.45, 7) is 6.18. The lowest BCUT2D eigenvalue weighted by Crippen LogP contribution is -2.27. The topological polar surface area (TPSA) is 32.3 Å². The molecule has 2 N–H and O–H groups in total. The van der Waals surface area contributed by atoms with Crippen LogP contribution in [-0.4, -0.2) is 17.8 Å². The van der Waals surface area contributed by atoms with Gasteiger partial charge in [-0.25, -0.2) is 0 Å². The fourth-order valence-corrected chi connectivity index (χ4v) is 2.65. The maximum absolute atomic E-state index is 9.74. The number of hydrogen-bond donors (Lipinski definition) is 2. The van der Waals surface area contributed by atoms with E-state index in [2.05, 4.69) is 37.4 Å². The van der Waals surface area contributed by atoms with Crippen LogP contribution in [0.5, 0.6) is 0 Å². The molecule has 0 heterocycles. The largest absolute Gasteiger partial charge is 0.393 e. The summed E-state index contributed by atoms with van der Waals surface area (Å²) in [6, 6.07) is 6.45. The zero-order valence-corrected chi connectivity index (χ0v) is 10.9. The molecular weight excluding hydrogens is 210 g/mol. The molecule has 0 spiro atoms. The summed E-state index contributed by atoms with van der Waals surface area (Å²) < 4.78 is 0. The number of rotatable bonds is 4. The van der Waals surface area contributed by atoms with Crippen LogP contribution in [0.4, 0.5) is 0 Å². The molecule has 0 radical (unpaired) electrons. The zero-order chi connectivity index (χ0) is 12.3. The summed E-state index contributed by atoms with van der Waals surface area (Å²) in [5.74, 6) is 0.458. The Bertz CT molecular complexity index is 375. The van der Waals surface area contributed by atoms with Gasteiger partial charge in [-0.2, -0.15) is 0 Å². The fourth-order valence-electron chi connectivity index (χ4n) is 2.65. The van der Waals surface area contributed by atoms with E-state index in [1.54, 1.807) is 0 Å². The minimum absolute atomic E-state index is 0.0823. The molecule has 1 aromatic carbocycles. The summed E-state index contributed by atoms with van der Waals surface area (Å²) in [7, 11) is 0. The summed E-state index contributed by atoms with van der Waals surface area (Å²) in [6.07, 6.45) is 3.24. The number of aliphatic hydroxyl groups excluding tert-OH is 1. The highest BCUT2D eigenvalue weighted by Crippen LogP contribution is 2.24. The molecule has 1 saturated carbocycles. The van der Waals surface area contributed by atoms with Crippen LogP contribution in [0.25, 0.3) is 0 Å². The molecule has 1 fully saturated rings. The highest BCUT2D eigenvalue weighted by molar-refractivity contribution is 5.32. The lowest BCUT2D eigenvalue weighted by molar-refractivity contribution is 0.131. The molecule has 2 nitrogen and oxygen atoms in total. The standard InChI is InChI=1S/C15H23NO/c1-11-5-3-6-13(12(11)2)9-16-10-14-7-4-8-15(14)17/h3,5-6,14-17H,4,7-10H2,1-2H3. The van der Waals surface area contributed by atoms with Crippen molar-refractivity contribution in [2.24, 2.45) is 5.92 Å². The second kappa shape index (κ2) is 5.65. The number of aliphatic hydroxyl groups is 1. The Kier molecular flexibility index (Phi) is 4.19. The van der Waals surface area contributed by atoms with Crippen LogP contribution < -0.4 is 5.32 Å². The van der Waals surface area contributed by atoms with Gasteiger partial charge >= 0.3 is 0 Å². The van der Waals surface area contributed by atoms with Crippen LogP contribution in [0, 0.1) is 19.8 Å². The highest BCUT2D eigenvalue weighted by atomic mass is 16.3. The van der Waals surface area contributed by atoms with E-state index >= 15 is 0 Å². The van der Waals surface area contributed by atoms with Crippen molar-refractivity contribution in [3.63, 3.8) is 0 Å². The number of aryl methyl sites for hydroxylation is 1. The van der Waals surface area contributed by atoms with E-state index in [-0.39, 0.29) is 6.10 Å². The lowest BCUT2D eigenvalue weighted by atomic mass is 10.0. The second-order valence-electron chi connectivity index (χ2n) is 5.25. The Balaban J connectivity index is 1.84. The predicted molar refractivity (Wildman–Crippen MR) is 71.0 cm³/mol. The van der Waals surface area contributed by atoms with Gasteiger partial charge in [-0.1, -0.05) is 24.6 Å². The first-order chi connectivity index (χ1) is 8.18. The van der Waals surface area contributed by atoms with Crippen molar-refractivity contribution < 1.29 is 5.11 Å². The van der Waals surface area contributed by atoms with E-state index in [0.717, 1.165) is 19.5 Å². The molecule has 2 atom stereocenters. The molecule has 2 heteroatoms. The highest BCUT2D eigenvalue weighted by Gasteiger charge is 2.24. The summed E-state index contributed by atoms with van der Waals surface area (Å²) in [5.41, 5.74) is 4.11. The number of hydrogen-bond acceptors (Lipinski definition) is 2. The summed E-state index contributed by atoms with van der Waals surface area (Å²) in [5, 5.41) is 13.2. The Morgan fingerprint density at radius 1 is 1.29 bits per heavy atom. The van der Waals surface area contributed by atoms with E-state index in [1.807, 2.05) is 0 Å². The van der Waals surface area contributed by atoms with Crippen LogP contribution >= 0.6 is 0 Å². The van der Waals surface area contributed by atoms with Crippen LogP contribution in [0.15, 0.2) is 18.2 Å². The van der Waals surface area contributed by atoms with Crippen LogP contribution in [0.3, 0.4) is 0 Å².